The van der Waals surface area contributed by atoms with Gasteiger partial charge in [-0.1, -0.05) is 0 Å². The highest BCUT2D eigenvalue weighted by Gasteiger charge is 2.53. The summed E-state index contributed by atoms with van der Waals surface area (Å²) in [6.45, 7) is 6.21. The van der Waals surface area contributed by atoms with E-state index in [0.29, 0.717) is 13.0 Å². The summed E-state index contributed by atoms with van der Waals surface area (Å²) in [7, 11) is 0. The maximum atomic E-state index is 12.1. The Morgan fingerprint density at radius 2 is 2.00 bits per heavy atom. The van der Waals surface area contributed by atoms with Crippen LogP contribution in [0, 0.1) is 0 Å². The first-order chi connectivity index (χ1) is 7.85. The van der Waals surface area contributed by atoms with Crippen molar-refractivity contribution in [1.82, 2.24) is 4.90 Å². The molecule has 4 heteroatoms. The SMILES string of the molecule is CC(C)(C)OC(=O)N1CCCCC12CCC2=O. The molecule has 1 amide bonds. The van der Waals surface area contributed by atoms with Gasteiger partial charge in [0.25, 0.3) is 0 Å². The number of likely N-dealkylation sites (tertiary alicyclic amines) is 1. The molecule has 2 aliphatic rings. The quantitative estimate of drug-likeness (QED) is 0.652. The number of carbonyl (C=O) groups is 2. The molecule has 0 aromatic rings. The Morgan fingerprint density at radius 3 is 2.47 bits per heavy atom. The number of hydrogen-bond donors (Lipinski definition) is 0. The zero-order valence-electron chi connectivity index (χ0n) is 10.9. The average Bonchev–Trinajstić information content (AvgIpc) is 2.24. The predicted molar refractivity (Wildman–Crippen MR) is 63.8 cm³/mol. The number of ether oxygens (including phenoxy) is 1. The molecule has 2 rings (SSSR count). The van der Waals surface area contributed by atoms with E-state index in [1.54, 1.807) is 4.90 Å². The van der Waals surface area contributed by atoms with Crippen LogP contribution in [-0.2, 0) is 9.53 Å². The second-order valence-electron chi connectivity index (χ2n) is 6.04. The summed E-state index contributed by atoms with van der Waals surface area (Å²) < 4.78 is 5.39. The molecule has 96 valence electrons. The van der Waals surface area contributed by atoms with E-state index < -0.39 is 11.1 Å². The van der Waals surface area contributed by atoms with Gasteiger partial charge < -0.3 is 4.74 Å². The van der Waals surface area contributed by atoms with Crippen LogP contribution in [0.5, 0.6) is 0 Å². The normalized spacial score (nSPS) is 29.1. The third-order valence-corrected chi connectivity index (χ3v) is 3.64. The molecule has 1 saturated carbocycles. The molecule has 1 spiro atoms. The summed E-state index contributed by atoms with van der Waals surface area (Å²) in [5, 5.41) is 0. The van der Waals surface area contributed by atoms with Gasteiger partial charge in [-0.15, -0.1) is 0 Å². The Balaban J connectivity index is 2.12. The number of hydrogen-bond acceptors (Lipinski definition) is 3. The number of carbonyl (C=O) groups excluding carboxylic acids is 2. The van der Waals surface area contributed by atoms with Crippen LogP contribution >= 0.6 is 0 Å². The lowest BCUT2D eigenvalue weighted by atomic mass is 9.69. The van der Waals surface area contributed by atoms with Crippen LogP contribution in [0.3, 0.4) is 0 Å². The molecule has 4 nitrogen and oxygen atoms in total. The largest absolute Gasteiger partial charge is 0.444 e. The van der Waals surface area contributed by atoms with E-state index in [-0.39, 0.29) is 11.9 Å². The monoisotopic (exact) mass is 239 g/mol. The number of nitrogens with zero attached hydrogens (tertiary/aromatic N) is 1. The maximum Gasteiger partial charge on any atom is 0.411 e. The third-order valence-electron chi connectivity index (χ3n) is 3.64. The van der Waals surface area contributed by atoms with Gasteiger partial charge in [-0.25, -0.2) is 4.79 Å². The molecule has 1 aliphatic carbocycles. The van der Waals surface area contributed by atoms with Gasteiger partial charge in [-0.3, -0.25) is 9.69 Å². The van der Waals surface area contributed by atoms with Crippen molar-refractivity contribution in [3.8, 4) is 0 Å². The lowest BCUT2D eigenvalue weighted by Gasteiger charge is -2.51. The lowest BCUT2D eigenvalue weighted by Crippen LogP contribution is -2.65. The van der Waals surface area contributed by atoms with Crippen molar-refractivity contribution in [3.05, 3.63) is 0 Å². The first-order valence-corrected chi connectivity index (χ1v) is 6.39. The smallest absolute Gasteiger partial charge is 0.411 e. The molecular weight excluding hydrogens is 218 g/mol. The minimum absolute atomic E-state index is 0.211. The van der Waals surface area contributed by atoms with E-state index in [1.165, 1.54) is 0 Å². The van der Waals surface area contributed by atoms with Crippen molar-refractivity contribution in [3.63, 3.8) is 0 Å². The fourth-order valence-corrected chi connectivity index (χ4v) is 2.68. The maximum absolute atomic E-state index is 12.1. The van der Waals surface area contributed by atoms with Crippen molar-refractivity contribution in [1.29, 1.82) is 0 Å². The van der Waals surface area contributed by atoms with Crippen LogP contribution in [0.4, 0.5) is 4.79 Å². The molecule has 1 atom stereocenters. The number of amides is 1. The number of Topliss-reactive ketones (excluding diaryl/α,β-unsaturated/α-hetero) is 1. The second-order valence-corrected chi connectivity index (χ2v) is 6.04. The van der Waals surface area contributed by atoms with Gasteiger partial charge >= 0.3 is 6.09 Å². The molecule has 0 aromatic heterocycles. The number of rotatable bonds is 0. The minimum atomic E-state index is -0.513. The van der Waals surface area contributed by atoms with E-state index in [0.717, 1.165) is 25.7 Å². The minimum Gasteiger partial charge on any atom is -0.444 e. The van der Waals surface area contributed by atoms with E-state index in [9.17, 15) is 9.59 Å². The first kappa shape index (κ1) is 12.4. The Kier molecular flexibility index (Phi) is 2.92. The molecule has 0 bridgehead atoms. The standard InChI is InChI=1S/C13H21NO3/c1-12(2,3)17-11(16)14-9-5-4-7-13(14)8-6-10(13)15/h4-9H2,1-3H3. The molecule has 1 aliphatic heterocycles. The van der Waals surface area contributed by atoms with Crippen LogP contribution in [-0.4, -0.2) is 34.5 Å². The fraction of sp³-hybridized carbons (Fsp3) is 0.846. The van der Waals surface area contributed by atoms with Gasteiger partial charge in [0.15, 0.2) is 5.78 Å². The third kappa shape index (κ3) is 2.17. The van der Waals surface area contributed by atoms with Gasteiger partial charge in [-0.2, -0.15) is 0 Å². The predicted octanol–water partition coefficient (Wildman–Crippen LogP) is 2.51. The molecule has 0 aromatic carbocycles. The van der Waals surface area contributed by atoms with Crippen molar-refractivity contribution in [2.75, 3.05) is 6.54 Å². The Labute approximate surface area is 102 Å². The van der Waals surface area contributed by atoms with Crippen molar-refractivity contribution < 1.29 is 14.3 Å². The summed E-state index contributed by atoms with van der Waals surface area (Å²) in [6, 6.07) is 0. The fourth-order valence-electron chi connectivity index (χ4n) is 2.68. The highest BCUT2D eigenvalue weighted by Crippen LogP contribution is 2.42. The topological polar surface area (TPSA) is 46.6 Å². The highest BCUT2D eigenvalue weighted by atomic mass is 16.6. The first-order valence-electron chi connectivity index (χ1n) is 6.39. The van der Waals surface area contributed by atoms with Crippen LogP contribution in [0.1, 0.15) is 52.9 Å². The van der Waals surface area contributed by atoms with Crippen LogP contribution < -0.4 is 0 Å². The number of piperidine rings is 1. The Hall–Kier alpha value is -1.06. The second kappa shape index (κ2) is 4.00. The molecule has 2 fully saturated rings. The molecule has 1 unspecified atom stereocenters. The van der Waals surface area contributed by atoms with E-state index in [4.69, 9.17) is 4.74 Å². The average molecular weight is 239 g/mol. The van der Waals surface area contributed by atoms with Crippen molar-refractivity contribution in [2.24, 2.45) is 0 Å². The van der Waals surface area contributed by atoms with E-state index in [2.05, 4.69) is 0 Å². The highest BCUT2D eigenvalue weighted by molar-refractivity contribution is 5.97. The molecule has 1 saturated heterocycles. The molecule has 0 radical (unpaired) electrons. The molecule has 1 heterocycles. The Bertz CT molecular complexity index is 345. The molecule has 17 heavy (non-hydrogen) atoms. The van der Waals surface area contributed by atoms with Gasteiger partial charge in [0.05, 0.1) is 0 Å². The zero-order chi connectivity index (χ0) is 12.7. The Morgan fingerprint density at radius 1 is 1.29 bits per heavy atom. The summed E-state index contributed by atoms with van der Waals surface area (Å²) in [4.78, 5) is 25.6. The molecular formula is C13H21NO3. The summed E-state index contributed by atoms with van der Waals surface area (Å²) in [5.41, 5.74) is -1.01. The van der Waals surface area contributed by atoms with Crippen LogP contribution in [0.25, 0.3) is 0 Å². The lowest BCUT2D eigenvalue weighted by molar-refractivity contribution is -0.144. The van der Waals surface area contributed by atoms with Crippen LogP contribution in [0.2, 0.25) is 0 Å². The van der Waals surface area contributed by atoms with Gasteiger partial charge in [-0.05, 0) is 46.5 Å². The zero-order valence-corrected chi connectivity index (χ0v) is 10.9. The van der Waals surface area contributed by atoms with Gasteiger partial charge in [0, 0.05) is 13.0 Å². The van der Waals surface area contributed by atoms with Gasteiger partial charge in [0.1, 0.15) is 11.1 Å². The van der Waals surface area contributed by atoms with Gasteiger partial charge in [0.2, 0.25) is 0 Å². The van der Waals surface area contributed by atoms with E-state index >= 15 is 0 Å². The van der Waals surface area contributed by atoms with Crippen molar-refractivity contribution in [2.45, 2.75) is 64.0 Å². The van der Waals surface area contributed by atoms with E-state index in [1.807, 2.05) is 20.8 Å². The summed E-state index contributed by atoms with van der Waals surface area (Å²) in [5.74, 6) is 0.211. The van der Waals surface area contributed by atoms with Crippen LogP contribution in [0.15, 0.2) is 0 Å². The number of ketones is 1. The summed E-state index contributed by atoms with van der Waals surface area (Å²) >= 11 is 0. The summed E-state index contributed by atoms with van der Waals surface area (Å²) in [6.07, 6.45) is 3.90. The molecule has 0 N–H and O–H groups in total. The van der Waals surface area contributed by atoms with Crippen molar-refractivity contribution >= 4 is 11.9 Å².